The fourth-order valence-electron chi connectivity index (χ4n) is 2.58. The average Bonchev–Trinajstić information content (AvgIpc) is 3.12. The first kappa shape index (κ1) is 15.4. The van der Waals surface area contributed by atoms with Crippen molar-refractivity contribution in [1.82, 2.24) is 4.98 Å². The Morgan fingerprint density at radius 3 is 2.68 bits per heavy atom. The van der Waals surface area contributed by atoms with E-state index in [0.29, 0.717) is 16.5 Å². The highest BCUT2D eigenvalue weighted by molar-refractivity contribution is 6.30. The molecule has 0 atom stereocenters. The van der Waals surface area contributed by atoms with Crippen molar-refractivity contribution in [2.75, 3.05) is 5.32 Å². The molecule has 0 saturated heterocycles. The van der Waals surface area contributed by atoms with Gasteiger partial charge in [0.25, 0.3) is 5.91 Å². The van der Waals surface area contributed by atoms with Crippen molar-refractivity contribution >= 4 is 34.1 Å². The maximum atomic E-state index is 12.4. The van der Waals surface area contributed by atoms with Crippen LogP contribution in [0, 0.1) is 0 Å². The van der Waals surface area contributed by atoms with Gasteiger partial charge in [0.1, 0.15) is 5.76 Å². The van der Waals surface area contributed by atoms with E-state index in [1.54, 1.807) is 30.5 Å². The fourth-order valence-corrected chi connectivity index (χ4v) is 2.70. The zero-order valence-corrected chi connectivity index (χ0v) is 13.8. The molecule has 0 saturated carbocycles. The number of pyridine rings is 1. The number of fused-ring (bicyclic) bond motifs is 1. The van der Waals surface area contributed by atoms with Crippen molar-refractivity contribution in [3.63, 3.8) is 0 Å². The first-order valence-corrected chi connectivity index (χ1v) is 8.09. The van der Waals surface area contributed by atoms with Gasteiger partial charge in [0, 0.05) is 27.9 Å². The number of halogens is 1. The smallest absolute Gasteiger partial charge is 0.291 e. The van der Waals surface area contributed by atoms with Gasteiger partial charge in [-0.15, -0.1) is 0 Å². The number of anilines is 1. The van der Waals surface area contributed by atoms with Crippen LogP contribution < -0.4 is 5.32 Å². The summed E-state index contributed by atoms with van der Waals surface area (Å²) in [5, 5.41) is 4.45. The van der Waals surface area contributed by atoms with Gasteiger partial charge in [-0.05, 0) is 60.7 Å². The standard InChI is InChI=1S/C20H13ClN2O2/c21-15-5-3-13(4-6-15)18-9-10-19(25-18)20(24)23-16-7-8-17-14(12-16)2-1-11-22-17/h1-12H,(H,23,24). The van der Waals surface area contributed by atoms with Gasteiger partial charge in [0.05, 0.1) is 5.52 Å². The largest absolute Gasteiger partial charge is 0.451 e. The fraction of sp³-hybridized carbons (Fsp3) is 0. The van der Waals surface area contributed by atoms with Gasteiger partial charge in [-0.1, -0.05) is 17.7 Å². The third kappa shape index (κ3) is 3.25. The molecule has 25 heavy (non-hydrogen) atoms. The van der Waals surface area contributed by atoms with Gasteiger partial charge < -0.3 is 9.73 Å². The Kier molecular flexibility index (Phi) is 3.96. The molecule has 0 aliphatic heterocycles. The number of rotatable bonds is 3. The zero-order chi connectivity index (χ0) is 17.2. The van der Waals surface area contributed by atoms with Crippen LogP contribution in [0.4, 0.5) is 5.69 Å². The molecule has 0 bridgehead atoms. The van der Waals surface area contributed by atoms with E-state index in [4.69, 9.17) is 16.0 Å². The lowest BCUT2D eigenvalue weighted by atomic mass is 10.2. The highest BCUT2D eigenvalue weighted by atomic mass is 35.5. The van der Waals surface area contributed by atoms with E-state index in [0.717, 1.165) is 16.5 Å². The molecule has 122 valence electrons. The minimum Gasteiger partial charge on any atom is -0.451 e. The number of carbonyl (C=O) groups excluding carboxylic acids is 1. The van der Waals surface area contributed by atoms with Crippen molar-refractivity contribution < 1.29 is 9.21 Å². The molecule has 4 aromatic rings. The first-order chi connectivity index (χ1) is 12.2. The molecule has 0 spiro atoms. The van der Waals surface area contributed by atoms with E-state index < -0.39 is 0 Å². The van der Waals surface area contributed by atoms with Crippen LogP contribution in [0.1, 0.15) is 10.6 Å². The van der Waals surface area contributed by atoms with Crippen LogP contribution in [0.25, 0.3) is 22.2 Å². The van der Waals surface area contributed by atoms with Crippen molar-refractivity contribution in [1.29, 1.82) is 0 Å². The first-order valence-electron chi connectivity index (χ1n) is 7.71. The molecule has 1 N–H and O–H groups in total. The van der Waals surface area contributed by atoms with Gasteiger partial charge in [0.15, 0.2) is 5.76 Å². The van der Waals surface area contributed by atoms with E-state index in [1.807, 2.05) is 42.5 Å². The number of nitrogens with zero attached hydrogens (tertiary/aromatic N) is 1. The van der Waals surface area contributed by atoms with E-state index in [1.165, 1.54) is 0 Å². The SMILES string of the molecule is O=C(Nc1ccc2ncccc2c1)c1ccc(-c2ccc(Cl)cc2)o1. The normalized spacial score (nSPS) is 10.8. The summed E-state index contributed by atoms with van der Waals surface area (Å²) in [5.41, 5.74) is 2.43. The monoisotopic (exact) mass is 348 g/mol. The number of hydrogen-bond donors (Lipinski definition) is 1. The van der Waals surface area contributed by atoms with Crippen LogP contribution >= 0.6 is 11.6 Å². The van der Waals surface area contributed by atoms with E-state index in [-0.39, 0.29) is 11.7 Å². The lowest BCUT2D eigenvalue weighted by Gasteiger charge is -2.04. The Hall–Kier alpha value is -3.11. The Labute approximate surface area is 149 Å². The summed E-state index contributed by atoms with van der Waals surface area (Å²) in [4.78, 5) is 16.7. The molecule has 0 aliphatic rings. The minimum absolute atomic E-state index is 0.247. The van der Waals surface area contributed by atoms with Crippen LogP contribution in [-0.2, 0) is 0 Å². The van der Waals surface area contributed by atoms with Crippen molar-refractivity contribution in [2.45, 2.75) is 0 Å². The maximum Gasteiger partial charge on any atom is 0.291 e. The van der Waals surface area contributed by atoms with Crippen molar-refractivity contribution in [3.05, 3.63) is 83.7 Å². The Morgan fingerprint density at radius 1 is 1.00 bits per heavy atom. The number of nitrogens with one attached hydrogen (secondary N) is 1. The molecule has 1 amide bonds. The number of aromatic nitrogens is 1. The summed E-state index contributed by atoms with van der Waals surface area (Å²) in [5.74, 6) is 0.559. The number of benzene rings is 2. The highest BCUT2D eigenvalue weighted by Crippen LogP contribution is 2.24. The summed E-state index contributed by atoms with van der Waals surface area (Å²) >= 11 is 5.89. The van der Waals surface area contributed by atoms with Gasteiger partial charge >= 0.3 is 0 Å². The van der Waals surface area contributed by atoms with Gasteiger partial charge in [0.2, 0.25) is 0 Å². The molecule has 4 rings (SSSR count). The summed E-state index contributed by atoms with van der Waals surface area (Å²) in [6.45, 7) is 0. The van der Waals surface area contributed by atoms with Gasteiger partial charge in [-0.3, -0.25) is 9.78 Å². The lowest BCUT2D eigenvalue weighted by Crippen LogP contribution is -2.10. The van der Waals surface area contributed by atoms with E-state index >= 15 is 0 Å². The number of furan rings is 1. The highest BCUT2D eigenvalue weighted by Gasteiger charge is 2.13. The van der Waals surface area contributed by atoms with Crippen molar-refractivity contribution in [2.24, 2.45) is 0 Å². The zero-order valence-electron chi connectivity index (χ0n) is 13.1. The quantitative estimate of drug-likeness (QED) is 0.539. The maximum absolute atomic E-state index is 12.4. The Balaban J connectivity index is 1.55. The number of carbonyl (C=O) groups is 1. The minimum atomic E-state index is -0.302. The number of amides is 1. The molecule has 5 heteroatoms. The average molecular weight is 349 g/mol. The molecule has 2 heterocycles. The van der Waals surface area contributed by atoms with E-state index in [9.17, 15) is 4.79 Å². The molecule has 2 aromatic carbocycles. The second-order valence-electron chi connectivity index (χ2n) is 5.54. The molecular formula is C20H13ClN2O2. The Morgan fingerprint density at radius 2 is 1.84 bits per heavy atom. The summed E-state index contributed by atoms with van der Waals surface area (Å²) in [6, 6.07) is 20.0. The summed E-state index contributed by atoms with van der Waals surface area (Å²) < 4.78 is 5.66. The lowest BCUT2D eigenvalue weighted by molar-refractivity contribution is 0.0997. The molecular weight excluding hydrogens is 336 g/mol. The predicted octanol–water partition coefficient (Wildman–Crippen LogP) is 5.40. The molecule has 4 nitrogen and oxygen atoms in total. The number of hydrogen-bond acceptors (Lipinski definition) is 3. The molecule has 0 radical (unpaired) electrons. The van der Waals surface area contributed by atoms with Crippen LogP contribution in [0.2, 0.25) is 5.02 Å². The van der Waals surface area contributed by atoms with Crippen LogP contribution in [-0.4, -0.2) is 10.9 Å². The Bertz CT molecular complexity index is 1050. The molecule has 0 fully saturated rings. The third-order valence-corrected chi connectivity index (χ3v) is 4.07. The van der Waals surface area contributed by atoms with Crippen LogP contribution in [0.15, 0.2) is 77.3 Å². The molecule has 0 aliphatic carbocycles. The van der Waals surface area contributed by atoms with Crippen LogP contribution in [0.3, 0.4) is 0 Å². The summed E-state index contributed by atoms with van der Waals surface area (Å²) in [7, 11) is 0. The molecule has 2 aromatic heterocycles. The summed E-state index contributed by atoms with van der Waals surface area (Å²) in [6.07, 6.45) is 1.74. The third-order valence-electron chi connectivity index (χ3n) is 3.82. The van der Waals surface area contributed by atoms with Gasteiger partial charge in [-0.2, -0.15) is 0 Å². The van der Waals surface area contributed by atoms with Crippen LogP contribution in [0.5, 0.6) is 0 Å². The van der Waals surface area contributed by atoms with Gasteiger partial charge in [-0.25, -0.2) is 0 Å². The van der Waals surface area contributed by atoms with E-state index in [2.05, 4.69) is 10.3 Å². The topological polar surface area (TPSA) is 55.1 Å². The molecule has 0 unspecified atom stereocenters. The van der Waals surface area contributed by atoms with Crippen molar-refractivity contribution in [3.8, 4) is 11.3 Å². The predicted molar refractivity (Wildman–Crippen MR) is 98.9 cm³/mol. The second-order valence-corrected chi connectivity index (χ2v) is 5.97. The second kappa shape index (κ2) is 6.42.